The monoisotopic (exact) mass is 269 g/mol. The van der Waals surface area contributed by atoms with E-state index >= 15 is 0 Å². The van der Waals surface area contributed by atoms with Crippen LogP contribution in [0.2, 0.25) is 0 Å². The summed E-state index contributed by atoms with van der Waals surface area (Å²) in [6.45, 7) is 1.69. The van der Waals surface area contributed by atoms with Gasteiger partial charge in [0.2, 0.25) is 0 Å². The molecule has 0 saturated heterocycles. The van der Waals surface area contributed by atoms with E-state index in [-0.39, 0.29) is 0 Å². The zero-order chi connectivity index (χ0) is 13.1. The topological polar surface area (TPSA) is 29.0 Å². The van der Waals surface area contributed by atoms with Gasteiger partial charge in [-0.3, -0.25) is 4.90 Å². The Morgan fingerprint density at radius 2 is 2.05 bits per heavy atom. The predicted octanol–water partition coefficient (Wildman–Crippen LogP) is 3.32. The molecule has 0 aliphatic heterocycles. The lowest BCUT2D eigenvalue weighted by atomic mass is 10.2. The molecule has 2 aromatic heterocycles. The Morgan fingerprint density at radius 3 is 2.89 bits per heavy atom. The normalized spacial score (nSPS) is 11.3. The van der Waals surface area contributed by atoms with Gasteiger partial charge in [0, 0.05) is 18.1 Å². The van der Waals surface area contributed by atoms with Gasteiger partial charge in [-0.1, -0.05) is 18.2 Å². The highest BCUT2D eigenvalue weighted by Gasteiger charge is 2.05. The molecule has 2 heterocycles. The van der Waals surface area contributed by atoms with Crippen molar-refractivity contribution in [2.24, 2.45) is 0 Å². The molecule has 0 aliphatic carbocycles. The van der Waals surface area contributed by atoms with Gasteiger partial charge in [0.15, 0.2) is 0 Å². The maximum absolute atomic E-state index is 4.59. The van der Waals surface area contributed by atoms with E-state index < -0.39 is 0 Å². The molecule has 0 unspecified atom stereocenters. The molecule has 4 heteroatoms. The van der Waals surface area contributed by atoms with Crippen LogP contribution >= 0.6 is 11.3 Å². The second-order valence-corrected chi connectivity index (χ2v) is 5.43. The number of para-hydroxylation sites is 1. The third-order valence-electron chi connectivity index (χ3n) is 2.98. The lowest BCUT2D eigenvalue weighted by molar-refractivity contribution is 0.311. The maximum Gasteiger partial charge on any atom is 0.142 e. The molecule has 3 aromatic rings. The van der Waals surface area contributed by atoms with E-state index in [1.165, 1.54) is 5.56 Å². The van der Waals surface area contributed by atoms with Gasteiger partial charge >= 0.3 is 0 Å². The summed E-state index contributed by atoms with van der Waals surface area (Å²) in [4.78, 5) is 11.2. The highest BCUT2D eigenvalue weighted by Crippen LogP contribution is 2.12. The smallest absolute Gasteiger partial charge is 0.142 e. The molecule has 3 rings (SSSR count). The van der Waals surface area contributed by atoms with E-state index in [4.69, 9.17) is 0 Å². The van der Waals surface area contributed by atoms with Crippen LogP contribution in [-0.4, -0.2) is 21.9 Å². The van der Waals surface area contributed by atoms with Gasteiger partial charge < -0.3 is 0 Å². The van der Waals surface area contributed by atoms with Crippen molar-refractivity contribution in [1.82, 2.24) is 14.9 Å². The molecule has 0 amide bonds. The molecule has 0 fully saturated rings. The van der Waals surface area contributed by atoms with Crippen LogP contribution in [0.3, 0.4) is 0 Å². The summed E-state index contributed by atoms with van der Waals surface area (Å²) < 4.78 is 0. The van der Waals surface area contributed by atoms with Crippen molar-refractivity contribution in [2.45, 2.75) is 13.1 Å². The number of rotatable bonds is 4. The minimum absolute atomic E-state index is 0.765. The van der Waals surface area contributed by atoms with Crippen molar-refractivity contribution in [1.29, 1.82) is 0 Å². The second kappa shape index (κ2) is 5.47. The standard InChI is InChI=1S/C15H15N3S/c1-18(9-12-6-7-19-11-12)10-15-16-8-13-4-2-3-5-14(13)17-15/h2-8,11H,9-10H2,1H3. The molecule has 1 aromatic carbocycles. The number of nitrogens with zero attached hydrogens (tertiary/aromatic N) is 3. The second-order valence-electron chi connectivity index (χ2n) is 4.65. The maximum atomic E-state index is 4.59. The van der Waals surface area contributed by atoms with Gasteiger partial charge in [0.1, 0.15) is 5.82 Å². The van der Waals surface area contributed by atoms with Crippen molar-refractivity contribution in [3.8, 4) is 0 Å². The number of aromatic nitrogens is 2. The lowest BCUT2D eigenvalue weighted by Gasteiger charge is -2.14. The third-order valence-corrected chi connectivity index (χ3v) is 3.71. The fraction of sp³-hybridized carbons (Fsp3) is 0.200. The number of hydrogen-bond donors (Lipinski definition) is 0. The SMILES string of the molecule is CN(Cc1ccsc1)Cc1ncc2ccccc2n1. The Morgan fingerprint density at radius 1 is 1.16 bits per heavy atom. The van der Waals surface area contributed by atoms with Crippen molar-refractivity contribution in [3.05, 3.63) is 58.7 Å². The van der Waals surface area contributed by atoms with Crippen LogP contribution in [0.25, 0.3) is 10.9 Å². The van der Waals surface area contributed by atoms with Gasteiger partial charge in [0.25, 0.3) is 0 Å². The first-order chi connectivity index (χ1) is 9.31. The third kappa shape index (κ3) is 2.97. The van der Waals surface area contributed by atoms with E-state index in [0.29, 0.717) is 0 Å². The summed E-state index contributed by atoms with van der Waals surface area (Å²) in [5.41, 5.74) is 2.35. The zero-order valence-corrected chi connectivity index (χ0v) is 11.6. The number of hydrogen-bond acceptors (Lipinski definition) is 4. The summed E-state index contributed by atoms with van der Waals surface area (Å²) in [5, 5.41) is 5.37. The van der Waals surface area contributed by atoms with Gasteiger partial charge in [-0.2, -0.15) is 11.3 Å². The highest BCUT2D eigenvalue weighted by atomic mass is 32.1. The van der Waals surface area contributed by atoms with Crippen LogP contribution in [0.5, 0.6) is 0 Å². The van der Waals surface area contributed by atoms with E-state index in [1.807, 2.05) is 30.5 Å². The number of fused-ring (bicyclic) bond motifs is 1. The molecule has 96 valence electrons. The zero-order valence-electron chi connectivity index (χ0n) is 10.8. The number of benzene rings is 1. The van der Waals surface area contributed by atoms with Crippen LogP contribution in [0, 0.1) is 0 Å². The molecular weight excluding hydrogens is 254 g/mol. The molecule has 0 radical (unpaired) electrons. The quantitative estimate of drug-likeness (QED) is 0.727. The summed E-state index contributed by atoms with van der Waals surface area (Å²) in [5.74, 6) is 0.872. The van der Waals surface area contributed by atoms with Crippen molar-refractivity contribution >= 4 is 22.2 Å². The molecule has 0 bridgehead atoms. The Labute approximate surface area is 116 Å². The highest BCUT2D eigenvalue weighted by molar-refractivity contribution is 7.07. The first kappa shape index (κ1) is 12.3. The lowest BCUT2D eigenvalue weighted by Crippen LogP contribution is -2.18. The first-order valence-electron chi connectivity index (χ1n) is 6.21. The Bertz CT molecular complexity index is 664. The van der Waals surface area contributed by atoms with Crippen LogP contribution < -0.4 is 0 Å². The average Bonchev–Trinajstić information content (AvgIpc) is 2.91. The van der Waals surface area contributed by atoms with Gasteiger partial charge in [0.05, 0.1) is 12.1 Å². The number of thiophene rings is 1. The molecule has 3 nitrogen and oxygen atoms in total. The van der Waals surface area contributed by atoms with E-state index in [1.54, 1.807) is 11.3 Å². The van der Waals surface area contributed by atoms with Crippen molar-refractivity contribution in [2.75, 3.05) is 7.05 Å². The summed E-state index contributed by atoms with van der Waals surface area (Å²) in [6, 6.07) is 10.2. The molecule has 0 saturated carbocycles. The van der Waals surface area contributed by atoms with Crippen molar-refractivity contribution < 1.29 is 0 Å². The molecule has 0 N–H and O–H groups in total. The summed E-state index contributed by atoms with van der Waals surface area (Å²) in [6.07, 6.45) is 1.90. The minimum atomic E-state index is 0.765. The minimum Gasteiger partial charge on any atom is -0.295 e. The largest absolute Gasteiger partial charge is 0.295 e. The predicted molar refractivity (Wildman–Crippen MR) is 79.0 cm³/mol. The van der Waals surface area contributed by atoms with Gasteiger partial charge in [-0.15, -0.1) is 0 Å². The van der Waals surface area contributed by atoms with Crippen LogP contribution in [-0.2, 0) is 13.1 Å². The molecule has 19 heavy (non-hydrogen) atoms. The summed E-state index contributed by atoms with van der Waals surface area (Å²) >= 11 is 1.73. The molecule has 0 atom stereocenters. The van der Waals surface area contributed by atoms with Gasteiger partial charge in [-0.05, 0) is 35.5 Å². The van der Waals surface area contributed by atoms with E-state index in [0.717, 1.165) is 29.8 Å². The van der Waals surface area contributed by atoms with Crippen LogP contribution in [0.4, 0.5) is 0 Å². The van der Waals surface area contributed by atoms with Gasteiger partial charge in [-0.25, -0.2) is 9.97 Å². The van der Waals surface area contributed by atoms with E-state index in [2.05, 4.69) is 38.7 Å². The molecule has 0 aliphatic rings. The van der Waals surface area contributed by atoms with E-state index in [9.17, 15) is 0 Å². The Balaban J connectivity index is 1.73. The fourth-order valence-electron chi connectivity index (χ4n) is 2.08. The van der Waals surface area contributed by atoms with Crippen LogP contribution in [0.15, 0.2) is 47.3 Å². The van der Waals surface area contributed by atoms with Crippen molar-refractivity contribution in [3.63, 3.8) is 0 Å². The summed E-state index contributed by atoms with van der Waals surface area (Å²) in [7, 11) is 2.09. The fourth-order valence-corrected chi connectivity index (χ4v) is 2.74. The van der Waals surface area contributed by atoms with Crippen LogP contribution in [0.1, 0.15) is 11.4 Å². The Kier molecular flexibility index (Phi) is 3.53. The molecular formula is C15H15N3S. The first-order valence-corrected chi connectivity index (χ1v) is 7.16. The average molecular weight is 269 g/mol. The Hall–Kier alpha value is -1.78. The molecule has 0 spiro atoms.